The van der Waals surface area contributed by atoms with Crippen molar-refractivity contribution in [2.45, 2.75) is 72.9 Å². The monoisotopic (exact) mass is 355 g/mol. The van der Waals surface area contributed by atoms with Crippen LogP contribution in [-0.2, 0) is 20.0 Å². The topological polar surface area (TPSA) is 29.9 Å². The van der Waals surface area contributed by atoms with Gasteiger partial charge in [0.15, 0.2) is 0 Å². The molecular weight excluding hydrogens is 326 g/mol. The van der Waals surface area contributed by atoms with Gasteiger partial charge in [-0.25, -0.2) is 0 Å². The molecule has 0 amide bonds. The zero-order valence-electron chi connectivity index (χ0n) is 14.4. The Morgan fingerprint density at radius 2 is 1.81 bits per heavy atom. The first kappa shape index (κ1) is 17.0. The van der Waals surface area contributed by atoms with Crippen molar-refractivity contribution in [1.82, 2.24) is 15.1 Å². The van der Waals surface area contributed by atoms with Gasteiger partial charge in [-0.2, -0.15) is 5.10 Å². The van der Waals surface area contributed by atoms with Crippen LogP contribution < -0.4 is 5.32 Å². The van der Waals surface area contributed by atoms with Gasteiger partial charge in [0.1, 0.15) is 0 Å². The van der Waals surface area contributed by atoms with E-state index in [0.29, 0.717) is 16.9 Å². The van der Waals surface area contributed by atoms with Crippen molar-refractivity contribution in [2.24, 2.45) is 17.9 Å². The van der Waals surface area contributed by atoms with Crippen LogP contribution in [0, 0.1) is 10.8 Å². The van der Waals surface area contributed by atoms with E-state index in [1.165, 1.54) is 29.4 Å². The Bertz CT molecular complexity index is 486. The number of nitrogens with zero attached hydrogens (tertiary/aromatic N) is 2. The molecule has 0 saturated heterocycles. The Morgan fingerprint density at radius 1 is 1.24 bits per heavy atom. The molecule has 1 N–H and O–H groups in total. The summed E-state index contributed by atoms with van der Waals surface area (Å²) in [5.74, 6) is 0. The molecule has 0 radical (unpaired) electrons. The summed E-state index contributed by atoms with van der Waals surface area (Å²) in [5.41, 5.74) is 3.27. The van der Waals surface area contributed by atoms with Gasteiger partial charge in [0.25, 0.3) is 0 Å². The summed E-state index contributed by atoms with van der Waals surface area (Å²) >= 11 is 3.71. The first-order valence-electron chi connectivity index (χ1n) is 8.07. The van der Waals surface area contributed by atoms with Crippen LogP contribution in [0.5, 0.6) is 0 Å². The highest BCUT2D eigenvalue weighted by Crippen LogP contribution is 2.45. The molecule has 1 aliphatic rings. The number of aromatic nitrogens is 2. The molecule has 0 atom stereocenters. The second kappa shape index (κ2) is 6.04. The van der Waals surface area contributed by atoms with Crippen LogP contribution in [0.3, 0.4) is 0 Å². The smallest absolute Gasteiger partial charge is 0.0767 e. The summed E-state index contributed by atoms with van der Waals surface area (Å²) in [6.45, 7) is 12.6. The molecule has 0 unspecified atom stereocenters. The van der Waals surface area contributed by atoms with E-state index in [2.05, 4.69) is 61.0 Å². The van der Waals surface area contributed by atoms with Crippen molar-refractivity contribution in [3.05, 3.63) is 15.9 Å². The molecule has 2 rings (SSSR count). The first-order chi connectivity index (χ1) is 9.63. The number of nitrogens with one attached hydrogen (secondary N) is 1. The highest BCUT2D eigenvalue weighted by Gasteiger charge is 2.38. The second-order valence-corrected chi connectivity index (χ2v) is 8.97. The van der Waals surface area contributed by atoms with Crippen LogP contribution in [0.15, 0.2) is 4.47 Å². The average molecular weight is 356 g/mol. The lowest BCUT2D eigenvalue weighted by Gasteiger charge is -2.45. The Kier molecular flexibility index (Phi) is 4.89. The van der Waals surface area contributed by atoms with Crippen molar-refractivity contribution in [2.75, 3.05) is 0 Å². The van der Waals surface area contributed by atoms with Gasteiger partial charge >= 0.3 is 0 Å². The van der Waals surface area contributed by atoms with Gasteiger partial charge in [0.05, 0.1) is 15.9 Å². The lowest BCUT2D eigenvalue weighted by Crippen LogP contribution is -2.43. The van der Waals surface area contributed by atoms with Crippen LogP contribution in [0.1, 0.15) is 65.3 Å². The zero-order valence-corrected chi connectivity index (χ0v) is 16.0. The van der Waals surface area contributed by atoms with Crippen molar-refractivity contribution in [3.63, 3.8) is 0 Å². The fourth-order valence-electron chi connectivity index (χ4n) is 4.24. The molecular formula is C17H30BrN3. The summed E-state index contributed by atoms with van der Waals surface area (Å²) < 4.78 is 3.18. The molecule has 1 heterocycles. The molecule has 0 bridgehead atoms. The van der Waals surface area contributed by atoms with Gasteiger partial charge in [-0.05, 0) is 52.4 Å². The quantitative estimate of drug-likeness (QED) is 0.864. The minimum absolute atomic E-state index is 0.428. The minimum atomic E-state index is 0.428. The van der Waals surface area contributed by atoms with E-state index < -0.39 is 0 Å². The van der Waals surface area contributed by atoms with E-state index in [9.17, 15) is 0 Å². The standard InChI is InChI=1S/C17H30BrN3/c1-7-13-15(18)14(21(6)20-13)10-19-12-8-16(2,3)11-17(4,5)9-12/h12,19H,7-11H2,1-6H3. The fraction of sp³-hybridized carbons (Fsp3) is 0.824. The van der Waals surface area contributed by atoms with Gasteiger partial charge in [-0.3, -0.25) is 4.68 Å². The summed E-state index contributed by atoms with van der Waals surface area (Å²) in [5, 5.41) is 8.36. The predicted molar refractivity (Wildman–Crippen MR) is 92.3 cm³/mol. The Balaban J connectivity index is 2.04. The molecule has 0 aliphatic heterocycles. The third kappa shape index (κ3) is 4.10. The summed E-state index contributed by atoms with van der Waals surface area (Å²) in [6, 6.07) is 0.593. The molecule has 1 aromatic rings. The van der Waals surface area contributed by atoms with Crippen molar-refractivity contribution in [3.8, 4) is 0 Å². The first-order valence-corrected chi connectivity index (χ1v) is 8.86. The van der Waals surface area contributed by atoms with Gasteiger partial charge in [-0.1, -0.05) is 34.6 Å². The fourth-order valence-corrected chi connectivity index (χ4v) is 5.00. The Labute approximate surface area is 138 Å². The van der Waals surface area contributed by atoms with Crippen LogP contribution in [0.25, 0.3) is 0 Å². The van der Waals surface area contributed by atoms with E-state index in [-0.39, 0.29) is 0 Å². The maximum Gasteiger partial charge on any atom is 0.0767 e. The summed E-state index contributed by atoms with van der Waals surface area (Å²) in [4.78, 5) is 0. The molecule has 3 nitrogen and oxygen atoms in total. The third-order valence-electron chi connectivity index (χ3n) is 4.62. The minimum Gasteiger partial charge on any atom is -0.308 e. The van der Waals surface area contributed by atoms with Gasteiger partial charge < -0.3 is 5.32 Å². The molecule has 1 aromatic heterocycles. The molecule has 1 aliphatic carbocycles. The van der Waals surface area contributed by atoms with E-state index in [4.69, 9.17) is 0 Å². The van der Waals surface area contributed by atoms with Crippen LogP contribution >= 0.6 is 15.9 Å². The summed E-state index contributed by atoms with van der Waals surface area (Å²) in [6.07, 6.45) is 4.80. The van der Waals surface area contributed by atoms with Crippen LogP contribution in [-0.4, -0.2) is 15.8 Å². The van der Waals surface area contributed by atoms with Crippen molar-refractivity contribution in [1.29, 1.82) is 0 Å². The lowest BCUT2D eigenvalue weighted by molar-refractivity contribution is 0.0842. The highest BCUT2D eigenvalue weighted by atomic mass is 79.9. The molecule has 120 valence electrons. The van der Waals surface area contributed by atoms with Crippen molar-refractivity contribution >= 4 is 15.9 Å². The van der Waals surface area contributed by atoms with Gasteiger partial charge in [0.2, 0.25) is 0 Å². The van der Waals surface area contributed by atoms with E-state index in [1.807, 2.05) is 11.7 Å². The van der Waals surface area contributed by atoms with Gasteiger partial charge in [0, 0.05) is 19.6 Å². The number of hydrogen-bond acceptors (Lipinski definition) is 2. The Morgan fingerprint density at radius 3 is 2.29 bits per heavy atom. The molecule has 0 aromatic carbocycles. The maximum absolute atomic E-state index is 4.58. The molecule has 0 spiro atoms. The number of halogens is 1. The van der Waals surface area contributed by atoms with Crippen LogP contribution in [0.2, 0.25) is 0 Å². The highest BCUT2D eigenvalue weighted by molar-refractivity contribution is 9.10. The number of hydrogen-bond donors (Lipinski definition) is 1. The lowest BCUT2D eigenvalue weighted by atomic mass is 9.63. The predicted octanol–water partition coefficient (Wildman–Crippen LogP) is 4.44. The molecule has 1 saturated carbocycles. The number of aryl methyl sites for hydroxylation is 2. The number of rotatable bonds is 4. The maximum atomic E-state index is 4.58. The second-order valence-electron chi connectivity index (χ2n) is 8.18. The van der Waals surface area contributed by atoms with E-state index in [0.717, 1.165) is 18.7 Å². The molecule has 1 fully saturated rings. The van der Waals surface area contributed by atoms with Crippen molar-refractivity contribution < 1.29 is 0 Å². The average Bonchev–Trinajstić information content (AvgIpc) is 2.58. The SMILES string of the molecule is CCc1nn(C)c(CNC2CC(C)(C)CC(C)(C)C2)c1Br. The van der Waals surface area contributed by atoms with E-state index >= 15 is 0 Å². The van der Waals surface area contributed by atoms with Gasteiger partial charge in [-0.15, -0.1) is 0 Å². The van der Waals surface area contributed by atoms with E-state index in [1.54, 1.807) is 0 Å². The zero-order chi connectivity index (χ0) is 15.8. The third-order valence-corrected chi connectivity index (χ3v) is 5.53. The Hall–Kier alpha value is -0.350. The largest absolute Gasteiger partial charge is 0.308 e. The normalized spacial score (nSPS) is 21.7. The summed E-state index contributed by atoms with van der Waals surface area (Å²) in [7, 11) is 2.04. The van der Waals surface area contributed by atoms with Crippen LogP contribution in [0.4, 0.5) is 0 Å². The molecule has 4 heteroatoms. The molecule has 21 heavy (non-hydrogen) atoms.